The summed E-state index contributed by atoms with van der Waals surface area (Å²) in [6.45, 7) is 3.92. The van der Waals surface area contributed by atoms with E-state index < -0.39 is 0 Å². The van der Waals surface area contributed by atoms with Crippen molar-refractivity contribution in [2.75, 3.05) is 26.9 Å². The van der Waals surface area contributed by atoms with Gasteiger partial charge in [0.05, 0.1) is 6.61 Å². The van der Waals surface area contributed by atoms with Crippen molar-refractivity contribution >= 4 is 29.3 Å². The third-order valence-corrected chi connectivity index (χ3v) is 4.50. The van der Waals surface area contributed by atoms with Crippen molar-refractivity contribution in [2.24, 2.45) is 0 Å². The van der Waals surface area contributed by atoms with Crippen LogP contribution in [0.15, 0.2) is 46.5 Å². The standard InChI is InChI=1S/C21H24N2O5S/c1-3-26-15-5-7-16(8-6-15)27-14-18-10-9-17(28-18)13-19-20(24)23(21(29)22-19)11-4-12-25-2/h5-10,13H,3-4,11-12,14H2,1-2H3,(H,22,29)/b19-13+. The van der Waals surface area contributed by atoms with Crippen LogP contribution in [0.5, 0.6) is 11.5 Å². The zero-order valence-corrected chi connectivity index (χ0v) is 17.3. The van der Waals surface area contributed by atoms with Gasteiger partial charge in [-0.2, -0.15) is 0 Å². The maximum atomic E-state index is 12.5. The number of furan rings is 1. The molecule has 0 spiro atoms. The fourth-order valence-electron chi connectivity index (χ4n) is 2.79. The van der Waals surface area contributed by atoms with Crippen molar-refractivity contribution < 1.29 is 23.4 Å². The molecule has 2 aromatic rings. The molecule has 7 nitrogen and oxygen atoms in total. The van der Waals surface area contributed by atoms with E-state index in [1.807, 2.05) is 37.3 Å². The fraction of sp³-hybridized carbons (Fsp3) is 0.333. The highest BCUT2D eigenvalue weighted by atomic mass is 32.1. The lowest BCUT2D eigenvalue weighted by atomic mass is 10.3. The fourth-order valence-corrected chi connectivity index (χ4v) is 3.07. The Morgan fingerprint density at radius 1 is 1.14 bits per heavy atom. The van der Waals surface area contributed by atoms with Gasteiger partial charge >= 0.3 is 0 Å². The van der Waals surface area contributed by atoms with E-state index in [2.05, 4.69) is 5.32 Å². The van der Waals surface area contributed by atoms with Crippen LogP contribution in [-0.2, 0) is 16.1 Å². The van der Waals surface area contributed by atoms with Crippen LogP contribution < -0.4 is 14.8 Å². The molecule has 1 aliphatic heterocycles. The molecule has 29 heavy (non-hydrogen) atoms. The number of carbonyl (C=O) groups excluding carboxylic acids is 1. The maximum Gasteiger partial charge on any atom is 0.276 e. The number of thiocarbonyl (C=S) groups is 1. The molecule has 1 saturated heterocycles. The minimum atomic E-state index is -0.172. The number of carbonyl (C=O) groups is 1. The van der Waals surface area contributed by atoms with E-state index in [-0.39, 0.29) is 12.5 Å². The minimum absolute atomic E-state index is 0.172. The second kappa shape index (κ2) is 10.1. The molecule has 1 aromatic heterocycles. The number of ether oxygens (including phenoxy) is 3. The first-order chi connectivity index (χ1) is 14.1. The lowest BCUT2D eigenvalue weighted by Gasteiger charge is -2.12. The van der Waals surface area contributed by atoms with E-state index in [9.17, 15) is 4.79 Å². The Balaban J connectivity index is 1.57. The number of hydrogen-bond donors (Lipinski definition) is 1. The molecule has 1 amide bonds. The van der Waals surface area contributed by atoms with E-state index >= 15 is 0 Å². The highest BCUT2D eigenvalue weighted by molar-refractivity contribution is 7.80. The lowest BCUT2D eigenvalue weighted by Crippen LogP contribution is -2.32. The predicted molar refractivity (Wildman–Crippen MR) is 113 cm³/mol. The molecule has 0 atom stereocenters. The molecule has 0 unspecified atom stereocenters. The molecule has 0 aliphatic carbocycles. The summed E-state index contributed by atoms with van der Waals surface area (Å²) in [5, 5.41) is 3.33. The summed E-state index contributed by atoms with van der Waals surface area (Å²) in [6, 6.07) is 11.0. The quantitative estimate of drug-likeness (QED) is 0.362. The molecule has 1 N–H and O–H groups in total. The number of nitrogens with zero attached hydrogens (tertiary/aromatic N) is 1. The molecule has 1 aliphatic rings. The average molecular weight is 416 g/mol. The Kier molecular flexibility index (Phi) is 7.26. The van der Waals surface area contributed by atoms with E-state index in [4.69, 9.17) is 30.8 Å². The van der Waals surface area contributed by atoms with Crippen LogP contribution in [0, 0.1) is 0 Å². The normalized spacial score (nSPS) is 15.1. The second-order valence-electron chi connectivity index (χ2n) is 6.29. The van der Waals surface area contributed by atoms with Gasteiger partial charge in [-0.1, -0.05) is 0 Å². The van der Waals surface area contributed by atoms with Crippen molar-refractivity contribution in [3.63, 3.8) is 0 Å². The zero-order valence-electron chi connectivity index (χ0n) is 16.5. The van der Waals surface area contributed by atoms with Gasteiger partial charge in [0.1, 0.15) is 35.3 Å². The largest absolute Gasteiger partial charge is 0.494 e. The molecule has 1 fully saturated rings. The van der Waals surface area contributed by atoms with Gasteiger partial charge in [-0.25, -0.2) is 0 Å². The second-order valence-corrected chi connectivity index (χ2v) is 6.68. The molecule has 1 aromatic carbocycles. The van der Waals surface area contributed by atoms with Gasteiger partial charge in [0.2, 0.25) is 0 Å². The van der Waals surface area contributed by atoms with Crippen LogP contribution in [0.25, 0.3) is 6.08 Å². The van der Waals surface area contributed by atoms with Crippen LogP contribution in [-0.4, -0.2) is 42.8 Å². The summed E-state index contributed by atoms with van der Waals surface area (Å²) < 4.78 is 21.9. The first-order valence-electron chi connectivity index (χ1n) is 9.38. The molecule has 154 valence electrons. The number of hydrogen-bond acceptors (Lipinski definition) is 6. The van der Waals surface area contributed by atoms with Gasteiger partial charge < -0.3 is 23.9 Å². The van der Waals surface area contributed by atoms with Crippen LogP contribution >= 0.6 is 12.2 Å². The summed E-state index contributed by atoms with van der Waals surface area (Å²) in [5.41, 5.74) is 0.390. The van der Waals surface area contributed by atoms with Gasteiger partial charge in [0, 0.05) is 26.3 Å². The predicted octanol–water partition coefficient (Wildman–Crippen LogP) is 3.35. The molecule has 3 rings (SSSR count). The summed E-state index contributed by atoms with van der Waals surface area (Å²) in [7, 11) is 1.63. The molecule has 0 saturated carbocycles. The highest BCUT2D eigenvalue weighted by Crippen LogP contribution is 2.20. The third kappa shape index (κ3) is 5.58. The first-order valence-corrected chi connectivity index (χ1v) is 9.79. The van der Waals surface area contributed by atoms with E-state index in [0.29, 0.717) is 48.5 Å². The number of rotatable bonds is 10. The van der Waals surface area contributed by atoms with Crippen LogP contribution in [0.3, 0.4) is 0 Å². The van der Waals surface area contributed by atoms with Crippen LogP contribution in [0.1, 0.15) is 24.9 Å². The molecule has 8 heteroatoms. The number of amides is 1. The van der Waals surface area contributed by atoms with Gasteiger partial charge in [-0.05, 0) is 62.0 Å². The summed E-state index contributed by atoms with van der Waals surface area (Å²) in [6.07, 6.45) is 2.36. The van der Waals surface area contributed by atoms with Crippen molar-refractivity contribution in [3.05, 3.63) is 53.6 Å². The van der Waals surface area contributed by atoms with Crippen LogP contribution in [0.2, 0.25) is 0 Å². The Morgan fingerprint density at radius 2 is 1.86 bits per heavy atom. The minimum Gasteiger partial charge on any atom is -0.494 e. The highest BCUT2D eigenvalue weighted by Gasteiger charge is 2.30. The van der Waals surface area contributed by atoms with E-state index in [1.165, 1.54) is 4.90 Å². The van der Waals surface area contributed by atoms with Crippen molar-refractivity contribution in [2.45, 2.75) is 20.0 Å². The number of nitrogens with one attached hydrogen (secondary N) is 1. The average Bonchev–Trinajstić information content (AvgIpc) is 3.27. The van der Waals surface area contributed by atoms with Gasteiger partial charge in [-0.3, -0.25) is 9.69 Å². The third-order valence-electron chi connectivity index (χ3n) is 4.18. The summed E-state index contributed by atoms with van der Waals surface area (Å²) in [4.78, 5) is 14.0. The first kappa shape index (κ1) is 20.9. The molecule has 2 heterocycles. The van der Waals surface area contributed by atoms with Crippen LogP contribution in [0.4, 0.5) is 0 Å². The van der Waals surface area contributed by atoms with E-state index in [0.717, 1.165) is 11.5 Å². The smallest absolute Gasteiger partial charge is 0.276 e. The van der Waals surface area contributed by atoms with Crippen molar-refractivity contribution in [1.29, 1.82) is 0 Å². The zero-order chi connectivity index (χ0) is 20.6. The molecule has 0 bridgehead atoms. The van der Waals surface area contributed by atoms with Crippen molar-refractivity contribution in [3.8, 4) is 11.5 Å². The Bertz CT molecular complexity index is 875. The molecular weight excluding hydrogens is 392 g/mol. The van der Waals surface area contributed by atoms with E-state index in [1.54, 1.807) is 19.3 Å². The van der Waals surface area contributed by atoms with Gasteiger partial charge in [-0.15, -0.1) is 0 Å². The topological polar surface area (TPSA) is 73.2 Å². The van der Waals surface area contributed by atoms with Gasteiger partial charge in [0.15, 0.2) is 5.11 Å². The van der Waals surface area contributed by atoms with Gasteiger partial charge in [0.25, 0.3) is 5.91 Å². The maximum absolute atomic E-state index is 12.5. The summed E-state index contributed by atoms with van der Waals surface area (Å²) in [5.74, 6) is 2.54. The SMILES string of the molecule is CCOc1ccc(OCc2ccc(/C=C3/NC(=S)N(CCCOC)C3=O)o2)cc1. The Labute approximate surface area is 175 Å². The van der Waals surface area contributed by atoms with Crippen molar-refractivity contribution in [1.82, 2.24) is 10.2 Å². The number of benzene rings is 1. The Hall–Kier alpha value is -2.84. The lowest BCUT2D eigenvalue weighted by molar-refractivity contribution is -0.122. The monoisotopic (exact) mass is 416 g/mol. The Morgan fingerprint density at radius 3 is 2.55 bits per heavy atom. The summed E-state index contributed by atoms with van der Waals surface area (Å²) >= 11 is 5.24. The molecular formula is C21H24N2O5S. The molecule has 0 radical (unpaired) electrons. The number of methoxy groups -OCH3 is 1.